The molecule has 2 amide bonds. The number of ether oxygens (including phenoxy) is 1. The number of hydrogen-bond acceptors (Lipinski definition) is 7. The molecule has 0 spiro atoms. The Kier molecular flexibility index (Phi) is 8.66. The SMILES string of the molecule is COC(=O)c1ccc2c(c1)NC(=O)/C2=C(/c1ccccc1)C(C)(C)Nc1ccc(N(C)C(=O)CN2CCN(C)CC2)cc1. The molecule has 1 saturated heterocycles. The van der Waals surface area contributed by atoms with Crippen molar-refractivity contribution in [3.63, 3.8) is 0 Å². The number of anilines is 3. The number of piperazine rings is 1. The van der Waals surface area contributed by atoms with Gasteiger partial charge in [-0.25, -0.2) is 4.79 Å². The summed E-state index contributed by atoms with van der Waals surface area (Å²) in [5.41, 5.74) is 4.90. The summed E-state index contributed by atoms with van der Waals surface area (Å²) < 4.78 is 4.86. The molecule has 0 bridgehead atoms. The van der Waals surface area contributed by atoms with Gasteiger partial charge in [0.2, 0.25) is 5.91 Å². The van der Waals surface area contributed by atoms with Gasteiger partial charge in [0.25, 0.3) is 5.91 Å². The summed E-state index contributed by atoms with van der Waals surface area (Å²) >= 11 is 0. The minimum atomic E-state index is -0.693. The first-order valence-corrected chi connectivity index (χ1v) is 14.5. The number of nitrogens with zero attached hydrogens (tertiary/aromatic N) is 3. The van der Waals surface area contributed by atoms with Crippen molar-refractivity contribution in [1.82, 2.24) is 9.80 Å². The molecule has 2 N–H and O–H groups in total. The van der Waals surface area contributed by atoms with E-state index in [1.807, 2.05) is 75.5 Å². The third kappa shape index (κ3) is 6.48. The number of carbonyl (C=O) groups is 3. The lowest BCUT2D eigenvalue weighted by Gasteiger charge is -2.33. The van der Waals surface area contributed by atoms with Crippen LogP contribution in [0.1, 0.15) is 35.3 Å². The molecule has 0 aromatic heterocycles. The molecule has 1 fully saturated rings. The maximum atomic E-state index is 13.5. The standard InChI is InChI=1S/C34H39N5O4/c1-34(2,36-25-12-14-26(15-13-25)38(4)29(40)22-39-19-17-37(3)18-20-39)31(23-9-7-6-8-10-23)30-27-16-11-24(33(42)43-5)21-28(27)35-32(30)41/h6-16,21,36H,17-20,22H2,1-5H3,(H,35,41)/b31-30-. The van der Waals surface area contributed by atoms with Crippen LogP contribution in [0.2, 0.25) is 0 Å². The van der Waals surface area contributed by atoms with Crippen molar-refractivity contribution in [2.24, 2.45) is 0 Å². The minimum absolute atomic E-state index is 0.0583. The average molecular weight is 582 g/mol. The Bertz CT molecular complexity index is 1540. The number of rotatable bonds is 8. The molecule has 0 aliphatic carbocycles. The zero-order valence-electron chi connectivity index (χ0n) is 25.4. The van der Waals surface area contributed by atoms with Gasteiger partial charge in [0.15, 0.2) is 0 Å². The highest BCUT2D eigenvalue weighted by molar-refractivity contribution is 6.37. The molecule has 3 aromatic rings. The van der Waals surface area contributed by atoms with Crippen molar-refractivity contribution in [3.8, 4) is 0 Å². The number of nitrogens with one attached hydrogen (secondary N) is 2. The zero-order valence-corrected chi connectivity index (χ0v) is 25.4. The Morgan fingerprint density at radius 2 is 1.63 bits per heavy atom. The van der Waals surface area contributed by atoms with E-state index in [0.29, 0.717) is 23.4 Å². The van der Waals surface area contributed by atoms with E-state index in [2.05, 4.69) is 27.5 Å². The number of hydrogen-bond donors (Lipinski definition) is 2. The normalized spacial score (nSPS) is 16.7. The molecule has 0 saturated carbocycles. The predicted octanol–water partition coefficient (Wildman–Crippen LogP) is 4.44. The Balaban J connectivity index is 1.41. The summed E-state index contributed by atoms with van der Waals surface area (Å²) in [6.45, 7) is 8.19. The number of methoxy groups -OCH3 is 1. The fourth-order valence-electron chi connectivity index (χ4n) is 5.73. The summed E-state index contributed by atoms with van der Waals surface area (Å²) in [7, 11) is 5.24. The van der Waals surface area contributed by atoms with Crippen LogP contribution in [-0.2, 0) is 14.3 Å². The second-order valence-electron chi connectivity index (χ2n) is 11.7. The van der Waals surface area contributed by atoms with Gasteiger partial charge in [0.1, 0.15) is 0 Å². The second-order valence-corrected chi connectivity index (χ2v) is 11.7. The number of esters is 1. The highest BCUT2D eigenvalue weighted by Crippen LogP contribution is 2.43. The number of fused-ring (bicyclic) bond motifs is 1. The van der Waals surface area contributed by atoms with Gasteiger partial charge in [0.05, 0.1) is 30.3 Å². The lowest BCUT2D eigenvalue weighted by Crippen LogP contribution is -2.48. The maximum Gasteiger partial charge on any atom is 0.337 e. The van der Waals surface area contributed by atoms with Crippen LogP contribution < -0.4 is 15.5 Å². The molecule has 0 atom stereocenters. The van der Waals surface area contributed by atoms with Crippen LogP contribution in [0.4, 0.5) is 17.1 Å². The van der Waals surface area contributed by atoms with E-state index in [1.54, 1.807) is 23.1 Å². The van der Waals surface area contributed by atoms with Gasteiger partial charge in [0, 0.05) is 55.9 Å². The van der Waals surface area contributed by atoms with E-state index in [4.69, 9.17) is 4.74 Å². The van der Waals surface area contributed by atoms with Crippen LogP contribution in [0.5, 0.6) is 0 Å². The molecule has 43 heavy (non-hydrogen) atoms. The van der Waals surface area contributed by atoms with Crippen LogP contribution in [0, 0.1) is 0 Å². The third-order valence-electron chi connectivity index (χ3n) is 8.16. The van der Waals surface area contributed by atoms with Crippen molar-refractivity contribution >= 4 is 46.0 Å². The lowest BCUT2D eigenvalue weighted by atomic mass is 9.82. The molecule has 9 heteroatoms. The van der Waals surface area contributed by atoms with Gasteiger partial charge in [-0.3, -0.25) is 14.5 Å². The topological polar surface area (TPSA) is 94.2 Å². The monoisotopic (exact) mass is 581 g/mol. The highest BCUT2D eigenvalue weighted by atomic mass is 16.5. The lowest BCUT2D eigenvalue weighted by molar-refractivity contribution is -0.119. The zero-order chi connectivity index (χ0) is 30.7. The van der Waals surface area contributed by atoms with Gasteiger partial charge in [-0.1, -0.05) is 36.4 Å². The number of likely N-dealkylation sites (N-methyl/N-ethyl adjacent to an activating group) is 2. The van der Waals surface area contributed by atoms with E-state index in [1.165, 1.54) is 7.11 Å². The van der Waals surface area contributed by atoms with E-state index in [9.17, 15) is 14.4 Å². The second kappa shape index (κ2) is 12.4. The minimum Gasteiger partial charge on any atom is -0.465 e. The molecular formula is C34H39N5O4. The van der Waals surface area contributed by atoms with Crippen LogP contribution in [-0.4, -0.2) is 87.1 Å². The molecule has 0 radical (unpaired) electrons. The maximum absolute atomic E-state index is 13.5. The van der Waals surface area contributed by atoms with Crippen molar-refractivity contribution in [1.29, 1.82) is 0 Å². The van der Waals surface area contributed by atoms with Crippen LogP contribution in [0.3, 0.4) is 0 Å². The molecule has 0 unspecified atom stereocenters. The Hall–Kier alpha value is -4.47. The number of carbonyl (C=O) groups excluding carboxylic acids is 3. The van der Waals surface area contributed by atoms with Crippen molar-refractivity contribution in [3.05, 3.63) is 89.5 Å². The van der Waals surface area contributed by atoms with Crippen molar-refractivity contribution < 1.29 is 19.1 Å². The first kappa shape index (κ1) is 30.0. The van der Waals surface area contributed by atoms with Crippen LogP contribution >= 0.6 is 0 Å². The Morgan fingerprint density at radius 1 is 0.953 bits per heavy atom. The van der Waals surface area contributed by atoms with Gasteiger partial charge in [-0.05, 0) is 68.4 Å². The molecule has 224 valence electrons. The first-order valence-electron chi connectivity index (χ1n) is 14.5. The largest absolute Gasteiger partial charge is 0.465 e. The number of benzene rings is 3. The van der Waals surface area contributed by atoms with E-state index in [0.717, 1.165) is 54.3 Å². The van der Waals surface area contributed by atoms with Gasteiger partial charge in [-0.15, -0.1) is 0 Å². The van der Waals surface area contributed by atoms with Crippen LogP contribution in [0.15, 0.2) is 72.8 Å². The van der Waals surface area contributed by atoms with Gasteiger partial charge in [-0.2, -0.15) is 0 Å². The number of amides is 2. The van der Waals surface area contributed by atoms with Crippen molar-refractivity contribution in [2.45, 2.75) is 19.4 Å². The summed E-state index contributed by atoms with van der Waals surface area (Å²) in [4.78, 5) is 44.8. The summed E-state index contributed by atoms with van der Waals surface area (Å²) in [6, 6.07) is 22.7. The Morgan fingerprint density at radius 3 is 2.28 bits per heavy atom. The third-order valence-corrected chi connectivity index (χ3v) is 8.16. The molecule has 5 rings (SSSR count). The fraction of sp³-hybridized carbons (Fsp3) is 0.324. The predicted molar refractivity (Wildman–Crippen MR) is 171 cm³/mol. The first-order chi connectivity index (χ1) is 20.6. The summed E-state index contributed by atoms with van der Waals surface area (Å²) in [5, 5.41) is 6.56. The van der Waals surface area contributed by atoms with E-state index in [-0.39, 0.29) is 11.8 Å². The molecule has 2 aliphatic heterocycles. The highest BCUT2D eigenvalue weighted by Gasteiger charge is 2.35. The van der Waals surface area contributed by atoms with Crippen LogP contribution in [0.25, 0.3) is 11.1 Å². The van der Waals surface area contributed by atoms with Gasteiger partial charge >= 0.3 is 5.97 Å². The molecule has 2 aliphatic rings. The van der Waals surface area contributed by atoms with E-state index >= 15 is 0 Å². The molecular weight excluding hydrogens is 542 g/mol. The van der Waals surface area contributed by atoms with Crippen molar-refractivity contribution in [2.75, 3.05) is 69.5 Å². The summed E-state index contributed by atoms with van der Waals surface area (Å²) in [5.74, 6) is -0.639. The average Bonchev–Trinajstić information content (AvgIpc) is 3.32. The van der Waals surface area contributed by atoms with E-state index < -0.39 is 11.5 Å². The molecule has 2 heterocycles. The summed E-state index contributed by atoms with van der Waals surface area (Å²) in [6.07, 6.45) is 0. The molecule has 9 nitrogen and oxygen atoms in total. The van der Waals surface area contributed by atoms with Gasteiger partial charge < -0.3 is 25.2 Å². The smallest absolute Gasteiger partial charge is 0.337 e. The fourth-order valence-corrected chi connectivity index (χ4v) is 5.73. The quantitative estimate of drug-likeness (QED) is 0.300. The Labute approximate surface area is 253 Å². The molecule has 3 aromatic carbocycles.